The van der Waals surface area contributed by atoms with Crippen molar-refractivity contribution in [2.24, 2.45) is 0 Å². The lowest BCUT2D eigenvalue weighted by Gasteiger charge is -2.22. The first-order valence-electron chi connectivity index (χ1n) is 5.61. The molecule has 0 aromatic carbocycles. The Hall–Kier alpha value is -1.32. The van der Waals surface area contributed by atoms with E-state index in [-0.39, 0.29) is 5.91 Å². The minimum Gasteiger partial charge on any atom is -0.352 e. The molecule has 0 radical (unpaired) electrons. The fraction of sp³-hybridized carbons (Fsp3) is 0.636. The van der Waals surface area contributed by atoms with Crippen molar-refractivity contribution < 1.29 is 4.79 Å². The van der Waals surface area contributed by atoms with Crippen LogP contribution in [0.4, 0.5) is 0 Å². The maximum atomic E-state index is 11.6. The summed E-state index contributed by atoms with van der Waals surface area (Å²) in [6.07, 6.45) is 9.55. The molecule has 1 aliphatic rings. The zero-order valence-corrected chi connectivity index (χ0v) is 8.85. The van der Waals surface area contributed by atoms with Crippen LogP contribution in [0.15, 0.2) is 18.5 Å². The third-order valence-electron chi connectivity index (χ3n) is 2.84. The maximum absolute atomic E-state index is 11.6. The summed E-state index contributed by atoms with van der Waals surface area (Å²) in [5, 5.41) is 7.06. The van der Waals surface area contributed by atoms with E-state index in [1.807, 2.05) is 6.07 Å². The summed E-state index contributed by atoms with van der Waals surface area (Å²) in [6, 6.07) is 2.22. The number of aromatic nitrogens is 2. The lowest BCUT2D eigenvalue weighted by molar-refractivity contribution is -0.122. The van der Waals surface area contributed by atoms with Gasteiger partial charge in [-0.2, -0.15) is 5.10 Å². The van der Waals surface area contributed by atoms with Crippen molar-refractivity contribution in [3.05, 3.63) is 18.5 Å². The molecule has 1 aromatic rings. The zero-order chi connectivity index (χ0) is 10.5. The summed E-state index contributed by atoms with van der Waals surface area (Å²) in [4.78, 5) is 11.6. The highest BCUT2D eigenvalue weighted by Crippen LogP contribution is 2.17. The van der Waals surface area contributed by atoms with Crippen LogP contribution in [0.1, 0.15) is 32.1 Å². The molecular weight excluding hydrogens is 190 g/mol. The Kier molecular flexibility index (Phi) is 3.37. The Morgan fingerprint density at radius 2 is 2.20 bits per heavy atom. The summed E-state index contributed by atoms with van der Waals surface area (Å²) in [6.45, 7) is 0.337. The summed E-state index contributed by atoms with van der Waals surface area (Å²) in [5.74, 6) is 0.0746. The molecule has 4 heteroatoms. The van der Waals surface area contributed by atoms with Gasteiger partial charge in [-0.1, -0.05) is 19.3 Å². The molecule has 1 amide bonds. The molecule has 4 nitrogen and oxygen atoms in total. The smallest absolute Gasteiger partial charge is 0.241 e. The zero-order valence-electron chi connectivity index (χ0n) is 8.85. The van der Waals surface area contributed by atoms with Crippen LogP contribution in [0.25, 0.3) is 0 Å². The van der Waals surface area contributed by atoms with Crippen molar-refractivity contribution in [1.29, 1.82) is 0 Å². The Labute approximate surface area is 89.7 Å². The summed E-state index contributed by atoms with van der Waals surface area (Å²) < 4.78 is 1.65. The Bertz CT molecular complexity index is 302. The second-order valence-electron chi connectivity index (χ2n) is 4.11. The van der Waals surface area contributed by atoms with Crippen LogP contribution in [0, 0.1) is 0 Å². The lowest BCUT2D eigenvalue weighted by Crippen LogP contribution is -2.38. The SMILES string of the molecule is O=C(Cn1cccn1)NC1CCCCC1. The number of hydrogen-bond acceptors (Lipinski definition) is 2. The summed E-state index contributed by atoms with van der Waals surface area (Å²) in [5.41, 5.74) is 0. The van der Waals surface area contributed by atoms with E-state index in [2.05, 4.69) is 10.4 Å². The molecule has 82 valence electrons. The Balaban J connectivity index is 1.76. The standard InChI is InChI=1S/C11H17N3O/c15-11(9-14-8-4-7-12-14)13-10-5-2-1-3-6-10/h4,7-8,10H,1-3,5-6,9H2,(H,13,15). The van der Waals surface area contributed by atoms with Crippen molar-refractivity contribution in [2.75, 3.05) is 0 Å². The molecule has 1 saturated carbocycles. The number of amides is 1. The van der Waals surface area contributed by atoms with Crippen molar-refractivity contribution >= 4 is 5.91 Å². The molecule has 1 N–H and O–H groups in total. The predicted molar refractivity (Wildman–Crippen MR) is 57.2 cm³/mol. The molecule has 0 spiro atoms. The topological polar surface area (TPSA) is 46.9 Å². The van der Waals surface area contributed by atoms with E-state index >= 15 is 0 Å². The highest BCUT2D eigenvalue weighted by molar-refractivity contribution is 5.75. The minimum absolute atomic E-state index is 0.0746. The van der Waals surface area contributed by atoms with Gasteiger partial charge in [0.1, 0.15) is 6.54 Å². The fourth-order valence-electron chi connectivity index (χ4n) is 2.06. The average Bonchev–Trinajstić information content (AvgIpc) is 2.71. The molecule has 1 aromatic heterocycles. The van der Waals surface area contributed by atoms with E-state index < -0.39 is 0 Å². The van der Waals surface area contributed by atoms with E-state index in [4.69, 9.17) is 0 Å². The first-order valence-corrected chi connectivity index (χ1v) is 5.61. The van der Waals surface area contributed by atoms with Gasteiger partial charge < -0.3 is 5.32 Å². The summed E-state index contributed by atoms with van der Waals surface area (Å²) >= 11 is 0. The number of rotatable bonds is 3. The fourth-order valence-corrected chi connectivity index (χ4v) is 2.06. The number of hydrogen-bond donors (Lipinski definition) is 1. The summed E-state index contributed by atoms with van der Waals surface area (Å²) in [7, 11) is 0. The molecule has 0 unspecified atom stereocenters. The van der Waals surface area contributed by atoms with Crippen LogP contribution < -0.4 is 5.32 Å². The predicted octanol–water partition coefficient (Wildman–Crippen LogP) is 1.33. The van der Waals surface area contributed by atoms with Gasteiger partial charge in [-0.05, 0) is 18.9 Å². The first kappa shape index (κ1) is 10.2. The monoisotopic (exact) mass is 207 g/mol. The van der Waals surface area contributed by atoms with Crippen molar-refractivity contribution in [2.45, 2.75) is 44.7 Å². The molecule has 1 fully saturated rings. The number of carbonyl (C=O) groups is 1. The van der Waals surface area contributed by atoms with E-state index in [0.29, 0.717) is 12.6 Å². The highest BCUT2D eigenvalue weighted by Gasteiger charge is 2.15. The van der Waals surface area contributed by atoms with Crippen LogP contribution in [-0.2, 0) is 11.3 Å². The largest absolute Gasteiger partial charge is 0.352 e. The number of nitrogens with zero attached hydrogens (tertiary/aromatic N) is 2. The molecule has 2 rings (SSSR count). The van der Waals surface area contributed by atoms with Crippen molar-refractivity contribution in [3.63, 3.8) is 0 Å². The molecule has 0 bridgehead atoms. The van der Waals surface area contributed by atoms with Crippen LogP contribution in [-0.4, -0.2) is 21.7 Å². The van der Waals surface area contributed by atoms with Crippen LogP contribution >= 0.6 is 0 Å². The molecule has 1 aliphatic carbocycles. The molecule has 0 saturated heterocycles. The normalized spacial score (nSPS) is 17.6. The van der Waals surface area contributed by atoms with Gasteiger partial charge in [-0.3, -0.25) is 9.48 Å². The highest BCUT2D eigenvalue weighted by atomic mass is 16.2. The van der Waals surface area contributed by atoms with Crippen LogP contribution in [0.2, 0.25) is 0 Å². The average molecular weight is 207 g/mol. The second-order valence-corrected chi connectivity index (χ2v) is 4.11. The third kappa shape index (κ3) is 3.08. The maximum Gasteiger partial charge on any atom is 0.241 e. The second kappa shape index (κ2) is 4.96. The van der Waals surface area contributed by atoms with Gasteiger partial charge in [0.25, 0.3) is 0 Å². The first-order chi connectivity index (χ1) is 7.34. The van der Waals surface area contributed by atoms with Crippen LogP contribution in [0.3, 0.4) is 0 Å². The molecule has 0 aliphatic heterocycles. The van der Waals surface area contributed by atoms with Gasteiger partial charge in [0.15, 0.2) is 0 Å². The lowest BCUT2D eigenvalue weighted by atomic mass is 9.95. The van der Waals surface area contributed by atoms with Gasteiger partial charge >= 0.3 is 0 Å². The van der Waals surface area contributed by atoms with Crippen molar-refractivity contribution in [1.82, 2.24) is 15.1 Å². The van der Waals surface area contributed by atoms with Crippen molar-refractivity contribution in [3.8, 4) is 0 Å². The molecular formula is C11H17N3O. The minimum atomic E-state index is 0.0746. The van der Waals surface area contributed by atoms with Gasteiger partial charge in [0, 0.05) is 18.4 Å². The molecule has 0 atom stereocenters. The van der Waals surface area contributed by atoms with E-state index in [1.165, 1.54) is 19.3 Å². The Morgan fingerprint density at radius 3 is 2.87 bits per heavy atom. The van der Waals surface area contributed by atoms with Gasteiger partial charge in [0.2, 0.25) is 5.91 Å². The van der Waals surface area contributed by atoms with E-state index in [0.717, 1.165) is 12.8 Å². The van der Waals surface area contributed by atoms with Crippen LogP contribution in [0.5, 0.6) is 0 Å². The van der Waals surface area contributed by atoms with E-state index in [1.54, 1.807) is 17.1 Å². The van der Waals surface area contributed by atoms with E-state index in [9.17, 15) is 4.79 Å². The number of nitrogens with one attached hydrogen (secondary N) is 1. The quantitative estimate of drug-likeness (QED) is 0.812. The molecule has 1 heterocycles. The van der Waals surface area contributed by atoms with Gasteiger partial charge in [-0.25, -0.2) is 0 Å². The molecule has 15 heavy (non-hydrogen) atoms. The van der Waals surface area contributed by atoms with Gasteiger partial charge in [-0.15, -0.1) is 0 Å². The Morgan fingerprint density at radius 1 is 1.40 bits per heavy atom. The third-order valence-corrected chi connectivity index (χ3v) is 2.84. The van der Waals surface area contributed by atoms with Gasteiger partial charge in [0.05, 0.1) is 0 Å². The number of carbonyl (C=O) groups excluding carboxylic acids is 1.